The lowest BCUT2D eigenvalue weighted by Gasteiger charge is -2.21. The summed E-state index contributed by atoms with van der Waals surface area (Å²) in [6.07, 6.45) is 0.139. The van der Waals surface area contributed by atoms with Gasteiger partial charge in [0.15, 0.2) is 11.6 Å². The standard InChI is InChI=1S/C13H17F2NO2/c1-13(2,12(17)18)7-8-5-9(14)11(15)10(6-8)16(3)4/h5-6H,7H2,1-4H3,(H,17,18). The fraction of sp³-hybridized carbons (Fsp3) is 0.462. The van der Waals surface area contributed by atoms with Crippen LogP contribution in [0.15, 0.2) is 12.1 Å². The first-order valence-corrected chi connectivity index (χ1v) is 5.54. The van der Waals surface area contributed by atoms with Crippen LogP contribution in [-0.4, -0.2) is 25.2 Å². The van der Waals surface area contributed by atoms with Crippen LogP contribution in [0.5, 0.6) is 0 Å². The number of aliphatic carboxylic acids is 1. The second kappa shape index (κ2) is 4.92. The van der Waals surface area contributed by atoms with Crippen LogP contribution >= 0.6 is 0 Å². The summed E-state index contributed by atoms with van der Waals surface area (Å²) >= 11 is 0. The summed E-state index contributed by atoms with van der Waals surface area (Å²) in [5.74, 6) is -2.85. The fourth-order valence-corrected chi connectivity index (χ4v) is 1.64. The van der Waals surface area contributed by atoms with Crippen molar-refractivity contribution in [2.24, 2.45) is 5.41 Å². The number of halogens is 2. The molecule has 0 saturated carbocycles. The van der Waals surface area contributed by atoms with Crippen molar-refractivity contribution in [3.8, 4) is 0 Å². The maximum atomic E-state index is 13.5. The third-order valence-corrected chi connectivity index (χ3v) is 2.78. The summed E-state index contributed by atoms with van der Waals surface area (Å²) in [4.78, 5) is 12.5. The highest BCUT2D eigenvalue weighted by molar-refractivity contribution is 5.74. The SMILES string of the molecule is CN(C)c1cc(CC(C)(C)C(=O)O)cc(F)c1F. The first kappa shape index (κ1) is 14.4. The second-order valence-electron chi connectivity index (χ2n) is 5.17. The van der Waals surface area contributed by atoms with Crippen molar-refractivity contribution < 1.29 is 18.7 Å². The molecule has 0 aliphatic heterocycles. The van der Waals surface area contributed by atoms with E-state index in [1.807, 2.05) is 0 Å². The maximum absolute atomic E-state index is 13.5. The number of carboxylic acid groups (broad SMARTS) is 1. The Hall–Kier alpha value is -1.65. The Bertz CT molecular complexity index is 470. The molecule has 0 heterocycles. The lowest BCUT2D eigenvalue weighted by molar-refractivity contribution is -0.146. The molecule has 0 fully saturated rings. The highest BCUT2D eigenvalue weighted by atomic mass is 19.2. The Morgan fingerprint density at radius 2 is 1.89 bits per heavy atom. The highest BCUT2D eigenvalue weighted by Gasteiger charge is 2.28. The van der Waals surface area contributed by atoms with Crippen LogP contribution in [0.25, 0.3) is 0 Å². The lowest BCUT2D eigenvalue weighted by Crippen LogP contribution is -2.26. The lowest BCUT2D eigenvalue weighted by atomic mass is 9.86. The van der Waals surface area contributed by atoms with Gasteiger partial charge in [0.25, 0.3) is 0 Å². The highest BCUT2D eigenvalue weighted by Crippen LogP contribution is 2.27. The van der Waals surface area contributed by atoms with E-state index in [9.17, 15) is 13.6 Å². The molecule has 0 bridgehead atoms. The molecule has 0 saturated heterocycles. The third-order valence-electron chi connectivity index (χ3n) is 2.78. The van der Waals surface area contributed by atoms with Gasteiger partial charge in [-0.15, -0.1) is 0 Å². The summed E-state index contributed by atoms with van der Waals surface area (Å²) < 4.78 is 26.9. The third kappa shape index (κ3) is 2.97. The van der Waals surface area contributed by atoms with E-state index < -0.39 is 23.0 Å². The van der Waals surface area contributed by atoms with Gasteiger partial charge in [0.05, 0.1) is 11.1 Å². The van der Waals surface area contributed by atoms with Crippen molar-refractivity contribution in [3.63, 3.8) is 0 Å². The van der Waals surface area contributed by atoms with E-state index in [1.165, 1.54) is 11.0 Å². The largest absolute Gasteiger partial charge is 0.481 e. The molecular formula is C13H17F2NO2. The molecule has 0 radical (unpaired) electrons. The van der Waals surface area contributed by atoms with E-state index in [2.05, 4.69) is 0 Å². The first-order chi connectivity index (χ1) is 8.15. The number of nitrogens with zero attached hydrogens (tertiary/aromatic N) is 1. The Morgan fingerprint density at radius 1 is 1.33 bits per heavy atom. The van der Waals surface area contributed by atoms with Gasteiger partial charge < -0.3 is 10.0 Å². The van der Waals surface area contributed by atoms with Crippen LogP contribution in [-0.2, 0) is 11.2 Å². The molecule has 0 aliphatic rings. The van der Waals surface area contributed by atoms with Crippen molar-refractivity contribution in [2.45, 2.75) is 20.3 Å². The number of carboxylic acids is 1. The zero-order valence-electron chi connectivity index (χ0n) is 10.9. The monoisotopic (exact) mass is 257 g/mol. The van der Waals surface area contributed by atoms with E-state index in [4.69, 9.17) is 5.11 Å². The Balaban J connectivity index is 3.16. The van der Waals surface area contributed by atoms with E-state index in [1.54, 1.807) is 27.9 Å². The molecule has 0 unspecified atom stereocenters. The van der Waals surface area contributed by atoms with Crippen molar-refractivity contribution in [2.75, 3.05) is 19.0 Å². The summed E-state index contributed by atoms with van der Waals surface area (Å²) in [7, 11) is 3.20. The van der Waals surface area contributed by atoms with Crippen LogP contribution in [0.1, 0.15) is 19.4 Å². The van der Waals surface area contributed by atoms with Gasteiger partial charge in [-0.1, -0.05) is 0 Å². The molecular weight excluding hydrogens is 240 g/mol. The molecule has 1 aromatic rings. The Kier molecular flexibility index (Phi) is 3.94. The summed E-state index contributed by atoms with van der Waals surface area (Å²) in [6, 6.07) is 2.52. The van der Waals surface area contributed by atoms with Crippen LogP contribution in [0.3, 0.4) is 0 Å². The molecule has 5 heteroatoms. The first-order valence-electron chi connectivity index (χ1n) is 5.54. The van der Waals surface area contributed by atoms with E-state index >= 15 is 0 Å². The topological polar surface area (TPSA) is 40.5 Å². The number of hydrogen-bond acceptors (Lipinski definition) is 2. The quantitative estimate of drug-likeness (QED) is 0.901. The molecule has 1 rings (SSSR count). The van der Waals surface area contributed by atoms with Crippen LogP contribution in [0, 0.1) is 17.0 Å². The summed E-state index contributed by atoms with van der Waals surface area (Å²) in [6.45, 7) is 3.10. The van der Waals surface area contributed by atoms with Gasteiger partial charge in [-0.25, -0.2) is 8.78 Å². The number of rotatable bonds is 4. The molecule has 0 atom stereocenters. The Morgan fingerprint density at radius 3 is 2.33 bits per heavy atom. The molecule has 1 N–H and O–H groups in total. The van der Waals surface area contributed by atoms with Crippen LogP contribution < -0.4 is 4.90 Å². The van der Waals surface area contributed by atoms with Gasteiger partial charge in [0.2, 0.25) is 0 Å². The minimum absolute atomic E-state index is 0.117. The molecule has 0 aromatic heterocycles. The van der Waals surface area contributed by atoms with E-state index in [0.29, 0.717) is 5.56 Å². The maximum Gasteiger partial charge on any atom is 0.309 e. The summed E-state index contributed by atoms with van der Waals surface area (Å²) in [5, 5.41) is 9.03. The van der Waals surface area contributed by atoms with Gasteiger partial charge >= 0.3 is 5.97 Å². The van der Waals surface area contributed by atoms with Crippen molar-refractivity contribution >= 4 is 11.7 Å². The van der Waals surface area contributed by atoms with E-state index in [-0.39, 0.29) is 12.1 Å². The average molecular weight is 257 g/mol. The van der Waals surface area contributed by atoms with Gasteiger partial charge in [0.1, 0.15) is 0 Å². The zero-order valence-corrected chi connectivity index (χ0v) is 10.9. The van der Waals surface area contributed by atoms with Crippen molar-refractivity contribution in [3.05, 3.63) is 29.3 Å². The molecule has 1 aromatic carbocycles. The van der Waals surface area contributed by atoms with Crippen LogP contribution in [0.2, 0.25) is 0 Å². The molecule has 100 valence electrons. The number of benzene rings is 1. The second-order valence-corrected chi connectivity index (χ2v) is 5.17. The average Bonchev–Trinajstić information content (AvgIpc) is 2.21. The number of carbonyl (C=O) groups is 1. The smallest absolute Gasteiger partial charge is 0.309 e. The fourth-order valence-electron chi connectivity index (χ4n) is 1.64. The molecule has 0 amide bonds. The van der Waals surface area contributed by atoms with Gasteiger partial charge in [-0.3, -0.25) is 4.79 Å². The van der Waals surface area contributed by atoms with E-state index in [0.717, 1.165) is 6.07 Å². The van der Waals surface area contributed by atoms with Crippen LogP contribution in [0.4, 0.5) is 14.5 Å². The molecule has 18 heavy (non-hydrogen) atoms. The Labute approximate surface area is 105 Å². The minimum atomic E-state index is -1.02. The molecule has 3 nitrogen and oxygen atoms in total. The van der Waals surface area contributed by atoms with Gasteiger partial charge in [-0.05, 0) is 38.0 Å². The minimum Gasteiger partial charge on any atom is -0.481 e. The normalized spacial score (nSPS) is 11.4. The number of hydrogen-bond donors (Lipinski definition) is 1. The zero-order chi connectivity index (χ0) is 14.1. The predicted octanol–water partition coefficient (Wildman–Crippen LogP) is 2.68. The van der Waals surface area contributed by atoms with Gasteiger partial charge in [-0.2, -0.15) is 0 Å². The number of anilines is 1. The molecule has 0 aliphatic carbocycles. The summed E-state index contributed by atoms with van der Waals surface area (Å²) in [5.41, 5.74) is -0.440. The van der Waals surface area contributed by atoms with Crippen molar-refractivity contribution in [1.82, 2.24) is 0 Å². The predicted molar refractivity (Wildman–Crippen MR) is 65.8 cm³/mol. The van der Waals surface area contributed by atoms with Gasteiger partial charge in [0, 0.05) is 14.1 Å². The molecule has 0 spiro atoms. The van der Waals surface area contributed by atoms with Crippen molar-refractivity contribution in [1.29, 1.82) is 0 Å².